The Bertz CT molecular complexity index is 902. The molecule has 0 radical (unpaired) electrons. The molecule has 1 N–H and O–H groups in total. The number of carbonyl (C=O) groups excluding carboxylic acids is 1. The van der Waals surface area contributed by atoms with E-state index in [1.807, 2.05) is 6.07 Å². The van der Waals surface area contributed by atoms with Crippen molar-refractivity contribution in [3.8, 4) is 17.3 Å². The van der Waals surface area contributed by atoms with Crippen LogP contribution in [0.5, 0.6) is 0 Å². The van der Waals surface area contributed by atoms with Crippen LogP contribution in [0.15, 0.2) is 30.3 Å². The van der Waals surface area contributed by atoms with Gasteiger partial charge in [-0.1, -0.05) is 17.2 Å². The molecule has 2 heterocycles. The molecule has 0 atom stereocenters. The molecule has 2 aromatic heterocycles. The van der Waals surface area contributed by atoms with Crippen molar-refractivity contribution >= 4 is 27.3 Å². The Kier molecular flexibility index (Phi) is 3.62. The van der Waals surface area contributed by atoms with E-state index in [9.17, 15) is 4.79 Å². The zero-order chi connectivity index (χ0) is 16.8. The molecule has 0 aliphatic carbocycles. The van der Waals surface area contributed by atoms with Crippen LogP contribution >= 0.6 is 11.3 Å². The van der Waals surface area contributed by atoms with E-state index in [0.717, 1.165) is 20.8 Å². The number of fused-ring (bicyclic) bond motifs is 1. The number of thiophene rings is 1. The number of hydrogen-bond donors (Lipinski definition) is 1. The minimum Gasteiger partial charge on any atom is -0.346 e. The molecule has 3 aromatic rings. The summed E-state index contributed by atoms with van der Waals surface area (Å²) < 4.78 is 0. The van der Waals surface area contributed by atoms with Gasteiger partial charge in [0, 0.05) is 16.0 Å². The van der Waals surface area contributed by atoms with Gasteiger partial charge in [0.25, 0.3) is 0 Å². The fourth-order valence-electron chi connectivity index (χ4n) is 2.77. The van der Waals surface area contributed by atoms with Crippen molar-refractivity contribution in [2.24, 2.45) is 0 Å². The van der Waals surface area contributed by atoms with Gasteiger partial charge in [-0.25, -0.2) is 0 Å². The number of nitriles is 1. The van der Waals surface area contributed by atoms with Crippen LogP contribution in [-0.2, 0) is 10.2 Å². The van der Waals surface area contributed by atoms with Gasteiger partial charge in [0.2, 0.25) is 5.78 Å². The number of nitrogens with zero attached hydrogens (tertiary/aromatic N) is 1. The van der Waals surface area contributed by atoms with Gasteiger partial charge in [-0.3, -0.25) is 4.79 Å². The summed E-state index contributed by atoms with van der Waals surface area (Å²) in [7, 11) is 0. The highest BCUT2D eigenvalue weighted by atomic mass is 32.1. The van der Waals surface area contributed by atoms with E-state index >= 15 is 0 Å². The second-order valence-corrected chi connectivity index (χ2v) is 7.57. The zero-order valence-corrected chi connectivity index (χ0v) is 14.5. The van der Waals surface area contributed by atoms with Crippen molar-refractivity contribution in [1.29, 1.82) is 5.26 Å². The number of rotatable bonds is 3. The Morgan fingerprint density at radius 2 is 1.78 bits per heavy atom. The number of ketones is 1. The number of aromatic amines is 1. The molecule has 116 valence electrons. The van der Waals surface area contributed by atoms with Gasteiger partial charge in [0.05, 0.1) is 5.41 Å². The summed E-state index contributed by atoms with van der Waals surface area (Å²) in [5, 5.41) is 9.98. The van der Waals surface area contributed by atoms with Crippen molar-refractivity contribution < 1.29 is 4.79 Å². The van der Waals surface area contributed by atoms with E-state index in [2.05, 4.69) is 43.1 Å². The SMILES string of the molecule is Cc1cc(C)cc(-c2cc3cc(C(C)(C)C(=O)C#N)sc3[nH]2)c1. The summed E-state index contributed by atoms with van der Waals surface area (Å²) >= 11 is 1.54. The molecule has 0 bridgehead atoms. The highest BCUT2D eigenvalue weighted by molar-refractivity contribution is 7.19. The van der Waals surface area contributed by atoms with Gasteiger partial charge in [0.1, 0.15) is 10.9 Å². The van der Waals surface area contributed by atoms with Gasteiger partial charge in [0.15, 0.2) is 0 Å². The number of aromatic nitrogens is 1. The molecule has 23 heavy (non-hydrogen) atoms. The number of Topliss-reactive ketones (excluding diaryl/α,β-unsaturated/α-hetero) is 1. The molecular formula is C19H18N2OS. The van der Waals surface area contributed by atoms with Crippen molar-refractivity contribution in [1.82, 2.24) is 4.98 Å². The maximum atomic E-state index is 11.8. The highest BCUT2D eigenvalue weighted by Crippen LogP contribution is 2.37. The largest absolute Gasteiger partial charge is 0.346 e. The summed E-state index contributed by atoms with van der Waals surface area (Å²) in [5.74, 6) is -0.407. The highest BCUT2D eigenvalue weighted by Gasteiger charge is 2.31. The van der Waals surface area contributed by atoms with E-state index in [4.69, 9.17) is 5.26 Å². The lowest BCUT2D eigenvalue weighted by Crippen LogP contribution is -2.26. The molecular weight excluding hydrogens is 304 g/mol. The number of benzene rings is 1. The second-order valence-electron chi connectivity index (χ2n) is 6.52. The van der Waals surface area contributed by atoms with Crippen LogP contribution in [0, 0.1) is 25.2 Å². The fourth-order valence-corrected chi connectivity index (χ4v) is 3.92. The van der Waals surface area contributed by atoms with Gasteiger partial charge in [-0.05, 0) is 57.5 Å². The first-order valence-electron chi connectivity index (χ1n) is 7.47. The first-order chi connectivity index (χ1) is 10.8. The number of aryl methyl sites for hydroxylation is 2. The minimum atomic E-state index is -0.765. The summed E-state index contributed by atoms with van der Waals surface area (Å²) in [4.78, 5) is 17.2. The Balaban J connectivity index is 2.04. The number of H-pyrrole nitrogens is 1. The molecule has 0 aliphatic heterocycles. The molecule has 0 saturated carbocycles. The summed E-state index contributed by atoms with van der Waals surface area (Å²) in [6, 6.07) is 12.3. The summed E-state index contributed by atoms with van der Waals surface area (Å²) in [6.45, 7) is 7.79. The van der Waals surface area contributed by atoms with Crippen molar-refractivity contribution in [2.45, 2.75) is 33.1 Å². The van der Waals surface area contributed by atoms with Crippen LogP contribution in [0.4, 0.5) is 0 Å². The third-order valence-corrected chi connectivity index (χ3v) is 5.52. The quantitative estimate of drug-likeness (QED) is 0.698. The number of nitrogens with one attached hydrogen (secondary N) is 1. The topological polar surface area (TPSA) is 56.6 Å². The van der Waals surface area contributed by atoms with E-state index in [1.165, 1.54) is 16.7 Å². The Morgan fingerprint density at radius 1 is 1.13 bits per heavy atom. The minimum absolute atomic E-state index is 0.407. The monoisotopic (exact) mass is 322 g/mol. The van der Waals surface area contributed by atoms with Crippen LogP contribution in [0.1, 0.15) is 29.9 Å². The van der Waals surface area contributed by atoms with Crippen molar-refractivity contribution in [3.05, 3.63) is 46.3 Å². The van der Waals surface area contributed by atoms with Gasteiger partial charge < -0.3 is 4.98 Å². The Hall–Kier alpha value is -2.38. The summed E-state index contributed by atoms with van der Waals surface area (Å²) in [5.41, 5.74) is 3.95. The lowest BCUT2D eigenvalue weighted by atomic mass is 9.87. The van der Waals surface area contributed by atoms with Crippen LogP contribution in [0.25, 0.3) is 21.5 Å². The standard InChI is InChI=1S/C19H18N2OS/c1-11-5-12(2)7-13(6-11)15-8-14-9-17(23-18(14)21-15)19(3,4)16(22)10-20/h5-9,21H,1-4H3. The first-order valence-corrected chi connectivity index (χ1v) is 8.29. The molecule has 0 fully saturated rings. The number of hydrogen-bond acceptors (Lipinski definition) is 3. The molecule has 0 saturated heterocycles. The van der Waals surface area contributed by atoms with Crippen molar-refractivity contribution in [2.75, 3.05) is 0 Å². The van der Waals surface area contributed by atoms with E-state index in [0.29, 0.717) is 0 Å². The third kappa shape index (κ3) is 2.69. The van der Waals surface area contributed by atoms with Gasteiger partial charge >= 0.3 is 0 Å². The van der Waals surface area contributed by atoms with Crippen LogP contribution in [-0.4, -0.2) is 10.8 Å². The third-order valence-electron chi connectivity index (χ3n) is 4.13. The van der Waals surface area contributed by atoms with Gasteiger partial charge in [-0.15, -0.1) is 11.3 Å². The number of carbonyl (C=O) groups is 1. The average molecular weight is 322 g/mol. The molecule has 0 unspecified atom stereocenters. The lowest BCUT2D eigenvalue weighted by Gasteiger charge is -2.16. The van der Waals surface area contributed by atoms with Crippen molar-refractivity contribution in [3.63, 3.8) is 0 Å². The molecule has 4 heteroatoms. The molecule has 0 amide bonds. The second kappa shape index (κ2) is 5.36. The van der Waals surface area contributed by atoms with Gasteiger partial charge in [-0.2, -0.15) is 5.26 Å². The average Bonchev–Trinajstić information content (AvgIpc) is 3.03. The first kappa shape index (κ1) is 15.5. The van der Waals surface area contributed by atoms with Crippen LogP contribution in [0.3, 0.4) is 0 Å². The van der Waals surface area contributed by atoms with Crippen LogP contribution in [0.2, 0.25) is 0 Å². The predicted molar refractivity (Wildman–Crippen MR) is 94.7 cm³/mol. The predicted octanol–water partition coefficient (Wildman–Crippen LogP) is 4.88. The Morgan fingerprint density at radius 3 is 2.35 bits per heavy atom. The molecule has 3 nitrogen and oxygen atoms in total. The normalized spacial score (nSPS) is 11.6. The maximum Gasteiger partial charge on any atom is 0.242 e. The molecule has 0 spiro atoms. The zero-order valence-electron chi connectivity index (χ0n) is 13.7. The molecule has 0 aliphatic rings. The summed E-state index contributed by atoms with van der Waals surface area (Å²) in [6.07, 6.45) is 0. The maximum absolute atomic E-state index is 11.8. The van der Waals surface area contributed by atoms with Crippen LogP contribution < -0.4 is 0 Å². The lowest BCUT2D eigenvalue weighted by molar-refractivity contribution is -0.118. The van der Waals surface area contributed by atoms with E-state index < -0.39 is 11.2 Å². The molecule has 1 aromatic carbocycles. The molecule has 3 rings (SSSR count). The van der Waals surface area contributed by atoms with E-state index in [1.54, 1.807) is 31.3 Å². The smallest absolute Gasteiger partial charge is 0.242 e. The Labute approximate surface area is 139 Å². The van der Waals surface area contributed by atoms with E-state index in [-0.39, 0.29) is 0 Å². The fraction of sp³-hybridized carbons (Fsp3) is 0.263.